The monoisotopic (exact) mass is 392 g/mol. The Morgan fingerprint density at radius 1 is 1.26 bits per heavy atom. The van der Waals surface area contributed by atoms with Crippen molar-refractivity contribution in [2.45, 2.75) is 51.1 Å². The Bertz CT molecular complexity index is 683. The fourth-order valence-electron chi connectivity index (χ4n) is 2.57. The first-order chi connectivity index (χ1) is 12.8. The summed E-state index contributed by atoms with van der Waals surface area (Å²) in [6.45, 7) is 6.30. The normalized spacial score (nSPS) is 18.9. The van der Waals surface area contributed by atoms with Crippen molar-refractivity contribution in [2.24, 2.45) is 4.99 Å². The topological polar surface area (TPSA) is 94.0 Å². The highest BCUT2D eigenvalue weighted by Crippen LogP contribution is 2.22. The molecule has 0 radical (unpaired) electrons. The third-order valence-electron chi connectivity index (χ3n) is 4.06. The van der Waals surface area contributed by atoms with Gasteiger partial charge in [-0.2, -0.15) is 0 Å². The number of aliphatic imine (C=N–C) groups is 1. The van der Waals surface area contributed by atoms with Gasteiger partial charge >= 0.3 is 0 Å². The lowest BCUT2D eigenvalue weighted by Crippen LogP contribution is -2.40. The zero-order chi connectivity index (χ0) is 19.9. The Labute approximate surface area is 164 Å². The summed E-state index contributed by atoms with van der Waals surface area (Å²) in [5, 5.41) is 9.33. The molecule has 0 aliphatic carbocycles. The molecule has 6 nitrogen and oxygen atoms in total. The van der Waals surface area contributed by atoms with Crippen LogP contribution in [0.15, 0.2) is 46.6 Å². The lowest BCUT2D eigenvalue weighted by molar-refractivity contribution is -0.123. The fraction of sp³-hybridized carbons (Fsp3) is 0.500. The van der Waals surface area contributed by atoms with Crippen LogP contribution < -0.4 is 4.72 Å². The summed E-state index contributed by atoms with van der Waals surface area (Å²) in [7, 11) is 0. The van der Waals surface area contributed by atoms with Crippen molar-refractivity contribution >= 4 is 23.4 Å². The highest BCUT2D eigenvalue weighted by atomic mass is 32.2. The van der Waals surface area contributed by atoms with Crippen LogP contribution in [0.2, 0.25) is 0 Å². The number of carbonyl (C=O) groups is 1. The Kier molecular flexibility index (Phi) is 8.19. The predicted molar refractivity (Wildman–Crippen MR) is 108 cm³/mol. The largest absolute Gasteiger partial charge is 0.598 e. The molecule has 2 atom stereocenters. The predicted octanol–water partition coefficient (Wildman–Crippen LogP) is 2.30. The van der Waals surface area contributed by atoms with Gasteiger partial charge in [0.05, 0.1) is 6.61 Å². The smallest absolute Gasteiger partial charge is 0.194 e. The van der Waals surface area contributed by atoms with Gasteiger partial charge in [-0.3, -0.25) is 9.79 Å². The third-order valence-corrected chi connectivity index (χ3v) is 5.63. The maximum absolute atomic E-state index is 12.7. The van der Waals surface area contributed by atoms with E-state index < -0.39 is 17.5 Å². The van der Waals surface area contributed by atoms with Crippen LogP contribution in [0.25, 0.3) is 0 Å². The molecule has 1 heterocycles. The maximum Gasteiger partial charge on any atom is 0.194 e. The molecule has 2 rings (SSSR count). The standard InChI is InChI=1S/C20H28N2O4S/c1-20(2,3)27(25)22-11-9-17-16(10-12-23)19(24)18(13-21-17)26-14-15-7-5-4-6-8-15/h4-8,13,18,22-23H,9-12,14H2,1-3H3. The summed E-state index contributed by atoms with van der Waals surface area (Å²) in [5.41, 5.74) is 2.08. The second-order valence-corrected chi connectivity index (χ2v) is 9.33. The second kappa shape index (κ2) is 10.1. The van der Waals surface area contributed by atoms with Gasteiger partial charge in [0.15, 0.2) is 11.9 Å². The number of hydrogen-bond donors (Lipinski definition) is 2. The van der Waals surface area contributed by atoms with E-state index in [1.165, 1.54) is 6.21 Å². The molecule has 0 fully saturated rings. The number of ketones is 1. The van der Waals surface area contributed by atoms with E-state index in [0.29, 0.717) is 30.8 Å². The van der Waals surface area contributed by atoms with Gasteiger partial charge < -0.3 is 14.4 Å². The molecule has 1 aromatic carbocycles. The van der Waals surface area contributed by atoms with Crippen molar-refractivity contribution in [1.82, 2.24) is 4.72 Å². The SMILES string of the molecule is CC(C)(C)[S+]([O-])NCCC1=C(CCO)C(=O)C(OCc2ccccc2)C=N1. The molecule has 0 aromatic heterocycles. The molecule has 0 saturated heterocycles. The number of Topliss-reactive ketones (excluding diaryl/α,β-unsaturated/α-hetero) is 1. The second-order valence-electron chi connectivity index (χ2n) is 7.28. The highest BCUT2D eigenvalue weighted by Gasteiger charge is 2.29. The van der Waals surface area contributed by atoms with Crippen molar-refractivity contribution in [3.05, 3.63) is 47.2 Å². The Morgan fingerprint density at radius 3 is 2.59 bits per heavy atom. The van der Waals surface area contributed by atoms with E-state index in [2.05, 4.69) is 9.71 Å². The maximum atomic E-state index is 12.7. The van der Waals surface area contributed by atoms with Gasteiger partial charge in [0, 0.05) is 54.8 Å². The van der Waals surface area contributed by atoms with E-state index >= 15 is 0 Å². The number of rotatable bonds is 9. The summed E-state index contributed by atoms with van der Waals surface area (Å²) in [6.07, 6.45) is 1.47. The van der Waals surface area contributed by atoms with Gasteiger partial charge in [-0.1, -0.05) is 30.3 Å². The Hall–Kier alpha value is -1.51. The van der Waals surface area contributed by atoms with E-state index in [0.717, 1.165) is 5.56 Å². The van der Waals surface area contributed by atoms with E-state index in [9.17, 15) is 14.5 Å². The van der Waals surface area contributed by atoms with E-state index in [1.807, 2.05) is 51.1 Å². The van der Waals surface area contributed by atoms with Gasteiger partial charge in [-0.25, -0.2) is 0 Å². The molecule has 2 unspecified atom stereocenters. The average molecular weight is 393 g/mol. The Morgan fingerprint density at radius 2 is 1.96 bits per heavy atom. The number of hydrogen-bond acceptors (Lipinski definition) is 6. The zero-order valence-electron chi connectivity index (χ0n) is 16.1. The molecule has 1 aliphatic heterocycles. The minimum atomic E-state index is -1.18. The van der Waals surface area contributed by atoms with E-state index in [4.69, 9.17) is 4.74 Å². The number of ether oxygens (including phenoxy) is 1. The molecule has 0 amide bonds. The zero-order valence-corrected chi connectivity index (χ0v) is 16.9. The van der Waals surface area contributed by atoms with E-state index in [-0.39, 0.29) is 23.6 Å². The van der Waals surface area contributed by atoms with E-state index in [1.54, 1.807) is 0 Å². The Balaban J connectivity index is 1.97. The quantitative estimate of drug-likeness (QED) is 0.629. The molecule has 0 spiro atoms. The van der Waals surface area contributed by atoms with Gasteiger partial charge in [0.1, 0.15) is 4.75 Å². The van der Waals surface area contributed by atoms with Gasteiger partial charge in [-0.05, 0) is 26.3 Å². The number of nitrogens with zero attached hydrogens (tertiary/aromatic N) is 1. The molecule has 27 heavy (non-hydrogen) atoms. The van der Waals surface area contributed by atoms with Crippen LogP contribution in [-0.4, -0.2) is 45.7 Å². The lowest BCUT2D eigenvalue weighted by atomic mass is 9.97. The van der Waals surface area contributed by atoms with Crippen molar-refractivity contribution in [3.63, 3.8) is 0 Å². The molecular weight excluding hydrogens is 364 g/mol. The van der Waals surface area contributed by atoms with Crippen molar-refractivity contribution in [2.75, 3.05) is 13.2 Å². The highest BCUT2D eigenvalue weighted by molar-refractivity contribution is 7.90. The summed E-state index contributed by atoms with van der Waals surface area (Å²) >= 11 is -1.18. The molecule has 1 aliphatic rings. The molecule has 0 bridgehead atoms. The molecular formula is C20H28N2O4S. The number of nitrogens with one attached hydrogen (secondary N) is 1. The molecule has 7 heteroatoms. The first-order valence-electron chi connectivity index (χ1n) is 9.05. The summed E-state index contributed by atoms with van der Waals surface area (Å²) in [6, 6.07) is 9.62. The first kappa shape index (κ1) is 21.8. The van der Waals surface area contributed by atoms with Crippen LogP contribution in [0.4, 0.5) is 0 Å². The van der Waals surface area contributed by atoms with Crippen molar-refractivity contribution in [3.8, 4) is 0 Å². The summed E-state index contributed by atoms with van der Waals surface area (Å²) < 4.78 is 20.4. The minimum absolute atomic E-state index is 0.132. The van der Waals surface area contributed by atoms with Crippen LogP contribution in [0, 0.1) is 0 Å². The third kappa shape index (κ3) is 6.55. The van der Waals surface area contributed by atoms with Crippen LogP contribution in [0.5, 0.6) is 0 Å². The van der Waals surface area contributed by atoms with Crippen LogP contribution in [0.1, 0.15) is 39.2 Å². The lowest BCUT2D eigenvalue weighted by Gasteiger charge is -2.24. The minimum Gasteiger partial charge on any atom is -0.598 e. The molecule has 1 aromatic rings. The fourth-order valence-corrected chi connectivity index (χ4v) is 3.29. The van der Waals surface area contributed by atoms with Crippen molar-refractivity contribution in [1.29, 1.82) is 0 Å². The van der Waals surface area contributed by atoms with Crippen LogP contribution in [-0.2, 0) is 27.5 Å². The number of benzene rings is 1. The number of aliphatic hydroxyl groups excluding tert-OH is 1. The molecule has 148 valence electrons. The van der Waals surface area contributed by atoms with Crippen LogP contribution >= 0.6 is 0 Å². The molecule has 2 N–H and O–H groups in total. The molecule has 0 saturated carbocycles. The number of aliphatic hydroxyl groups is 1. The van der Waals surface area contributed by atoms with Gasteiger partial charge in [0.2, 0.25) is 0 Å². The first-order valence-corrected chi connectivity index (χ1v) is 10.2. The summed E-state index contributed by atoms with van der Waals surface area (Å²) in [4.78, 5) is 17.1. The summed E-state index contributed by atoms with van der Waals surface area (Å²) in [5.74, 6) is -0.165. The van der Waals surface area contributed by atoms with Gasteiger partial charge in [-0.15, -0.1) is 4.72 Å². The van der Waals surface area contributed by atoms with Gasteiger partial charge in [0.25, 0.3) is 0 Å². The number of carbonyl (C=O) groups excluding carboxylic acids is 1. The van der Waals surface area contributed by atoms with Crippen molar-refractivity contribution < 1.29 is 19.2 Å². The van der Waals surface area contributed by atoms with Crippen LogP contribution in [0.3, 0.4) is 0 Å². The average Bonchev–Trinajstić information content (AvgIpc) is 2.63.